The van der Waals surface area contributed by atoms with E-state index in [4.69, 9.17) is 19.3 Å². The molecular weight excluding hydrogens is 290 g/mol. The Morgan fingerprint density at radius 1 is 1.18 bits per heavy atom. The number of hydrogen-bond donors (Lipinski definition) is 3. The average Bonchev–Trinajstić information content (AvgIpc) is 2.40. The molecule has 0 aromatic rings. The van der Waals surface area contributed by atoms with Gasteiger partial charge in [-0.3, -0.25) is 0 Å². The second-order valence-corrected chi connectivity index (χ2v) is 6.17. The molecule has 0 aromatic carbocycles. The normalized spacial score (nSPS) is 14.5. The molecule has 1 amide bonds. The number of aliphatic hydroxyl groups is 2. The zero-order valence-corrected chi connectivity index (χ0v) is 14.1. The zero-order chi connectivity index (χ0) is 17.0. The van der Waals surface area contributed by atoms with Crippen molar-refractivity contribution in [2.75, 3.05) is 33.7 Å². The van der Waals surface area contributed by atoms with Crippen LogP contribution in [0.1, 0.15) is 40.0 Å². The van der Waals surface area contributed by atoms with Crippen molar-refractivity contribution in [3.63, 3.8) is 0 Å². The van der Waals surface area contributed by atoms with Gasteiger partial charge in [0.25, 0.3) is 0 Å². The molecule has 2 atom stereocenters. The van der Waals surface area contributed by atoms with E-state index in [9.17, 15) is 9.90 Å². The van der Waals surface area contributed by atoms with Crippen molar-refractivity contribution in [2.45, 2.75) is 51.7 Å². The molecule has 0 unspecified atom stereocenters. The van der Waals surface area contributed by atoms with Gasteiger partial charge in [-0.1, -0.05) is 0 Å². The largest absolute Gasteiger partial charge is 0.444 e. The monoisotopic (exact) mass is 321 g/mol. The Balaban J connectivity index is 4.68. The molecule has 0 fully saturated rings. The maximum Gasteiger partial charge on any atom is 0.407 e. The number of methoxy groups -OCH3 is 1. The third-order valence-electron chi connectivity index (χ3n) is 2.98. The van der Waals surface area contributed by atoms with Crippen LogP contribution in [0.4, 0.5) is 4.79 Å². The van der Waals surface area contributed by atoms with E-state index in [-0.39, 0.29) is 32.0 Å². The lowest BCUT2D eigenvalue weighted by Crippen LogP contribution is -2.44. The second-order valence-electron chi connectivity index (χ2n) is 6.17. The Hall–Kier alpha value is -0.890. The topological polar surface area (TPSA) is 97.3 Å². The molecule has 7 heteroatoms. The van der Waals surface area contributed by atoms with Gasteiger partial charge in [0.15, 0.2) is 0 Å². The molecule has 132 valence electrons. The van der Waals surface area contributed by atoms with Crippen molar-refractivity contribution >= 4 is 6.09 Å². The summed E-state index contributed by atoms with van der Waals surface area (Å²) in [5.74, 6) is -0.0841. The van der Waals surface area contributed by atoms with Crippen LogP contribution in [0.3, 0.4) is 0 Å². The quantitative estimate of drug-likeness (QED) is 0.392. The molecule has 0 bridgehead atoms. The van der Waals surface area contributed by atoms with Crippen molar-refractivity contribution in [1.82, 2.24) is 5.32 Å². The average molecular weight is 321 g/mol. The van der Waals surface area contributed by atoms with E-state index >= 15 is 0 Å². The molecule has 0 heterocycles. The number of ether oxygens (including phenoxy) is 3. The third kappa shape index (κ3) is 10.8. The van der Waals surface area contributed by atoms with Crippen molar-refractivity contribution in [2.24, 2.45) is 5.92 Å². The van der Waals surface area contributed by atoms with Crippen LogP contribution in [0.2, 0.25) is 0 Å². The summed E-state index contributed by atoms with van der Waals surface area (Å²) in [6.07, 6.45) is 1.10. The second kappa shape index (κ2) is 11.6. The van der Waals surface area contributed by atoms with Crippen LogP contribution in [0.25, 0.3) is 0 Å². The summed E-state index contributed by atoms with van der Waals surface area (Å²) in [6.45, 7) is 5.91. The maximum atomic E-state index is 11.9. The minimum atomic E-state index is -0.579. The fourth-order valence-corrected chi connectivity index (χ4v) is 2.05. The van der Waals surface area contributed by atoms with E-state index in [1.54, 1.807) is 20.8 Å². The van der Waals surface area contributed by atoms with Crippen molar-refractivity contribution < 1.29 is 29.2 Å². The van der Waals surface area contributed by atoms with Crippen molar-refractivity contribution in [1.29, 1.82) is 0 Å². The molecule has 0 rings (SSSR count). The highest BCUT2D eigenvalue weighted by atomic mass is 16.7. The molecule has 22 heavy (non-hydrogen) atoms. The summed E-state index contributed by atoms with van der Waals surface area (Å²) in [5.41, 5.74) is -0.579. The van der Waals surface area contributed by atoms with E-state index in [1.807, 2.05) is 0 Å². The first kappa shape index (κ1) is 21.1. The molecule has 0 aliphatic heterocycles. The predicted molar refractivity (Wildman–Crippen MR) is 82.5 cm³/mol. The predicted octanol–water partition coefficient (Wildman–Crippen LogP) is 1.27. The molecule has 0 aromatic heterocycles. The van der Waals surface area contributed by atoms with E-state index in [2.05, 4.69) is 5.32 Å². The first-order valence-electron chi connectivity index (χ1n) is 7.62. The molecule has 0 radical (unpaired) electrons. The molecule has 0 saturated carbocycles. The highest BCUT2D eigenvalue weighted by molar-refractivity contribution is 5.68. The van der Waals surface area contributed by atoms with Gasteiger partial charge in [0.2, 0.25) is 0 Å². The van der Waals surface area contributed by atoms with Gasteiger partial charge < -0.3 is 29.7 Å². The Labute approximate surface area is 132 Å². The van der Waals surface area contributed by atoms with Gasteiger partial charge in [-0.25, -0.2) is 4.79 Å². The first-order valence-corrected chi connectivity index (χ1v) is 7.62. The number of amides is 1. The molecule has 7 nitrogen and oxygen atoms in total. The Morgan fingerprint density at radius 3 is 2.36 bits per heavy atom. The minimum absolute atomic E-state index is 0.00731. The van der Waals surface area contributed by atoms with E-state index in [1.165, 1.54) is 7.11 Å². The number of nitrogens with one attached hydrogen (secondary N) is 1. The van der Waals surface area contributed by atoms with Crippen LogP contribution >= 0.6 is 0 Å². The van der Waals surface area contributed by atoms with E-state index in [0.29, 0.717) is 25.9 Å². The highest BCUT2D eigenvalue weighted by Gasteiger charge is 2.25. The van der Waals surface area contributed by atoms with E-state index < -0.39 is 11.7 Å². The van der Waals surface area contributed by atoms with Crippen LogP contribution < -0.4 is 5.32 Å². The number of aliphatic hydroxyl groups excluding tert-OH is 2. The van der Waals surface area contributed by atoms with Crippen molar-refractivity contribution in [3.8, 4) is 0 Å². The van der Waals surface area contributed by atoms with Gasteiger partial charge >= 0.3 is 6.09 Å². The summed E-state index contributed by atoms with van der Waals surface area (Å²) >= 11 is 0. The Bertz CT molecular complexity index is 292. The minimum Gasteiger partial charge on any atom is -0.444 e. The van der Waals surface area contributed by atoms with Gasteiger partial charge in [0.05, 0.1) is 6.61 Å². The number of alkyl carbamates (subject to hydrolysis) is 1. The Morgan fingerprint density at radius 2 is 1.86 bits per heavy atom. The van der Waals surface area contributed by atoms with Crippen LogP contribution in [0.15, 0.2) is 0 Å². The summed E-state index contributed by atoms with van der Waals surface area (Å²) in [7, 11) is 1.53. The first-order chi connectivity index (χ1) is 10.3. The summed E-state index contributed by atoms with van der Waals surface area (Å²) in [5, 5.41) is 21.0. The van der Waals surface area contributed by atoms with Gasteiger partial charge in [-0.2, -0.15) is 0 Å². The van der Waals surface area contributed by atoms with Crippen LogP contribution in [-0.2, 0) is 14.2 Å². The summed E-state index contributed by atoms with van der Waals surface area (Å²) in [4.78, 5) is 11.9. The van der Waals surface area contributed by atoms with Crippen molar-refractivity contribution in [3.05, 3.63) is 0 Å². The molecule has 0 saturated heterocycles. The van der Waals surface area contributed by atoms with Crippen LogP contribution in [-0.4, -0.2) is 61.7 Å². The fourth-order valence-electron chi connectivity index (χ4n) is 2.05. The lowest BCUT2D eigenvalue weighted by molar-refractivity contribution is -0.0507. The number of rotatable bonds is 11. The molecule has 3 N–H and O–H groups in total. The molecular formula is C15H31NO6. The number of carbonyl (C=O) groups excluding carboxylic acids is 1. The number of hydrogen-bond acceptors (Lipinski definition) is 6. The highest BCUT2D eigenvalue weighted by Crippen LogP contribution is 2.16. The third-order valence-corrected chi connectivity index (χ3v) is 2.98. The number of carbonyl (C=O) groups is 1. The van der Waals surface area contributed by atoms with Crippen LogP contribution in [0.5, 0.6) is 0 Å². The lowest BCUT2D eigenvalue weighted by atomic mass is 9.93. The summed E-state index contributed by atoms with van der Waals surface area (Å²) in [6, 6.07) is -0.244. The fraction of sp³-hybridized carbons (Fsp3) is 0.933. The molecule has 0 aliphatic carbocycles. The Kier molecular flexibility index (Phi) is 11.2. The van der Waals surface area contributed by atoms with Gasteiger partial charge in [0, 0.05) is 32.3 Å². The molecule has 0 spiro atoms. The maximum absolute atomic E-state index is 11.9. The van der Waals surface area contributed by atoms with Gasteiger partial charge in [0.1, 0.15) is 12.4 Å². The molecule has 0 aliphatic rings. The standard InChI is InChI=1S/C15H31NO6/c1-15(2,3)22-14(19)16-13(6-5-8-17)12(7-9-18)10-21-11-20-4/h12-13,17-18H,5-11H2,1-4H3,(H,16,19)/t12-,13+/m1/s1. The van der Waals surface area contributed by atoms with Gasteiger partial charge in [-0.15, -0.1) is 0 Å². The SMILES string of the molecule is COCOC[C@@H](CCO)[C@H](CCCO)NC(=O)OC(C)(C)C. The zero-order valence-electron chi connectivity index (χ0n) is 14.1. The van der Waals surface area contributed by atoms with E-state index in [0.717, 1.165) is 0 Å². The van der Waals surface area contributed by atoms with Gasteiger partial charge in [-0.05, 0) is 40.0 Å². The summed E-state index contributed by atoms with van der Waals surface area (Å²) < 4.78 is 15.5. The lowest BCUT2D eigenvalue weighted by Gasteiger charge is -2.29. The van der Waals surface area contributed by atoms with Crippen LogP contribution in [0, 0.1) is 5.92 Å². The smallest absolute Gasteiger partial charge is 0.407 e.